The molecular formula is C11H19N3O2. The molecule has 16 heavy (non-hydrogen) atoms. The number of nitrogens with one attached hydrogen (secondary N) is 1. The summed E-state index contributed by atoms with van der Waals surface area (Å²) in [6, 6.07) is 0.377. The summed E-state index contributed by atoms with van der Waals surface area (Å²) in [6.07, 6.45) is 3.60. The number of rotatable bonds is 6. The van der Waals surface area contributed by atoms with Crippen molar-refractivity contribution in [3.05, 3.63) is 18.2 Å². The van der Waals surface area contributed by atoms with Gasteiger partial charge in [-0.25, -0.2) is 4.98 Å². The summed E-state index contributed by atoms with van der Waals surface area (Å²) < 4.78 is 6.88. The number of nitrogens with zero attached hydrogens (tertiary/aromatic N) is 2. The predicted octanol–water partition coefficient (Wildman–Crippen LogP) is 1.12. The summed E-state index contributed by atoms with van der Waals surface area (Å²) in [7, 11) is 0. The van der Waals surface area contributed by atoms with E-state index >= 15 is 0 Å². The highest BCUT2D eigenvalue weighted by molar-refractivity contribution is 5.71. The second-order valence-electron chi connectivity index (χ2n) is 3.79. The van der Waals surface area contributed by atoms with Gasteiger partial charge in [0.25, 0.3) is 0 Å². The molecule has 1 aromatic heterocycles. The molecule has 0 aliphatic heterocycles. The van der Waals surface area contributed by atoms with Gasteiger partial charge in [-0.05, 0) is 20.8 Å². The zero-order valence-corrected chi connectivity index (χ0v) is 10.1. The maximum atomic E-state index is 11.1. The average Bonchev–Trinajstić information content (AvgIpc) is 2.66. The Hall–Kier alpha value is -1.36. The minimum absolute atomic E-state index is 0.224. The molecule has 0 amide bonds. The molecular weight excluding hydrogens is 206 g/mol. The molecule has 0 bridgehead atoms. The van der Waals surface area contributed by atoms with Crippen LogP contribution in [0.4, 0.5) is 0 Å². The molecule has 0 aromatic carbocycles. The number of ether oxygens (including phenoxy) is 1. The van der Waals surface area contributed by atoms with Crippen LogP contribution in [-0.2, 0) is 16.1 Å². The summed E-state index contributed by atoms with van der Waals surface area (Å²) >= 11 is 0. The molecule has 0 saturated carbocycles. The van der Waals surface area contributed by atoms with Crippen LogP contribution in [0.15, 0.2) is 12.5 Å². The Morgan fingerprint density at radius 3 is 3.00 bits per heavy atom. The highest BCUT2D eigenvalue weighted by atomic mass is 16.5. The summed E-state index contributed by atoms with van der Waals surface area (Å²) in [6.45, 7) is 7.26. The van der Waals surface area contributed by atoms with E-state index in [1.54, 1.807) is 19.4 Å². The van der Waals surface area contributed by atoms with Gasteiger partial charge in [0.05, 0.1) is 25.2 Å². The maximum absolute atomic E-state index is 11.1. The molecule has 0 aliphatic rings. The maximum Gasteiger partial charge on any atom is 0.319 e. The highest BCUT2D eigenvalue weighted by Crippen LogP contribution is 2.07. The van der Waals surface area contributed by atoms with Crippen LogP contribution in [0.1, 0.15) is 32.5 Å². The molecule has 0 unspecified atom stereocenters. The third-order valence-electron chi connectivity index (χ3n) is 2.18. The Labute approximate surface area is 95.8 Å². The first-order chi connectivity index (χ1) is 7.65. The molecule has 1 aromatic rings. The summed E-state index contributed by atoms with van der Waals surface area (Å²) in [4.78, 5) is 15.2. The van der Waals surface area contributed by atoms with Crippen LogP contribution in [0.5, 0.6) is 0 Å². The smallest absolute Gasteiger partial charge is 0.319 e. The first-order valence-electron chi connectivity index (χ1n) is 5.52. The van der Waals surface area contributed by atoms with Crippen molar-refractivity contribution < 1.29 is 9.53 Å². The fraction of sp³-hybridized carbons (Fsp3) is 0.636. The molecule has 90 valence electrons. The minimum atomic E-state index is -0.224. The Bertz CT molecular complexity index is 334. The van der Waals surface area contributed by atoms with Gasteiger partial charge in [0.15, 0.2) is 0 Å². The molecule has 0 aliphatic carbocycles. The van der Waals surface area contributed by atoms with Gasteiger partial charge in [0.1, 0.15) is 0 Å². The molecule has 0 fully saturated rings. The SMILES string of the molecule is CCOC(=O)CNCc1cncn1C(C)C. The molecule has 5 heteroatoms. The lowest BCUT2D eigenvalue weighted by Crippen LogP contribution is -2.25. The van der Waals surface area contributed by atoms with Gasteiger partial charge in [-0.15, -0.1) is 0 Å². The lowest BCUT2D eigenvalue weighted by molar-refractivity contribution is -0.142. The number of carbonyl (C=O) groups is 1. The summed E-state index contributed by atoms with van der Waals surface area (Å²) in [5.74, 6) is -0.224. The van der Waals surface area contributed by atoms with Crippen molar-refractivity contribution in [2.24, 2.45) is 0 Å². The lowest BCUT2D eigenvalue weighted by atomic mass is 10.3. The first kappa shape index (κ1) is 12.7. The van der Waals surface area contributed by atoms with Gasteiger partial charge < -0.3 is 14.6 Å². The number of esters is 1. The topological polar surface area (TPSA) is 56.1 Å². The van der Waals surface area contributed by atoms with Crippen LogP contribution in [0, 0.1) is 0 Å². The Morgan fingerprint density at radius 1 is 1.62 bits per heavy atom. The average molecular weight is 225 g/mol. The zero-order chi connectivity index (χ0) is 12.0. The van der Waals surface area contributed by atoms with E-state index in [-0.39, 0.29) is 12.5 Å². The third-order valence-corrected chi connectivity index (χ3v) is 2.18. The van der Waals surface area contributed by atoms with Gasteiger partial charge in [0.2, 0.25) is 0 Å². The number of aromatic nitrogens is 2. The number of hydrogen-bond acceptors (Lipinski definition) is 4. The van der Waals surface area contributed by atoms with Crippen molar-refractivity contribution >= 4 is 5.97 Å². The van der Waals surface area contributed by atoms with E-state index in [0.29, 0.717) is 19.2 Å². The molecule has 0 saturated heterocycles. The number of carbonyl (C=O) groups excluding carboxylic acids is 1. The quantitative estimate of drug-likeness (QED) is 0.737. The second-order valence-corrected chi connectivity index (χ2v) is 3.79. The molecule has 1 N–H and O–H groups in total. The van der Waals surface area contributed by atoms with Crippen LogP contribution >= 0.6 is 0 Å². The van der Waals surface area contributed by atoms with Crippen LogP contribution in [0.25, 0.3) is 0 Å². The van der Waals surface area contributed by atoms with Crippen molar-refractivity contribution in [1.82, 2.24) is 14.9 Å². The monoisotopic (exact) mass is 225 g/mol. The standard InChI is InChI=1S/C11H19N3O2/c1-4-16-11(15)7-12-5-10-6-13-8-14(10)9(2)3/h6,8-9,12H,4-5,7H2,1-3H3. The van der Waals surface area contributed by atoms with Gasteiger partial charge in [-0.2, -0.15) is 0 Å². The van der Waals surface area contributed by atoms with Crippen LogP contribution in [0.3, 0.4) is 0 Å². The van der Waals surface area contributed by atoms with Crippen molar-refractivity contribution in [2.45, 2.75) is 33.4 Å². The second kappa shape index (κ2) is 6.27. The normalized spacial score (nSPS) is 10.8. The van der Waals surface area contributed by atoms with Crippen molar-refractivity contribution in [3.63, 3.8) is 0 Å². The van der Waals surface area contributed by atoms with E-state index in [1.807, 2.05) is 0 Å². The van der Waals surface area contributed by atoms with Gasteiger partial charge >= 0.3 is 5.97 Å². The fourth-order valence-corrected chi connectivity index (χ4v) is 1.44. The van der Waals surface area contributed by atoms with Crippen LogP contribution in [-0.4, -0.2) is 28.7 Å². The molecule has 1 rings (SSSR count). The fourth-order valence-electron chi connectivity index (χ4n) is 1.44. The largest absolute Gasteiger partial charge is 0.465 e. The number of imidazole rings is 1. The van der Waals surface area contributed by atoms with Gasteiger partial charge in [-0.3, -0.25) is 4.79 Å². The Kier molecular flexibility index (Phi) is 4.98. The Morgan fingerprint density at radius 2 is 2.38 bits per heavy atom. The van der Waals surface area contributed by atoms with E-state index in [0.717, 1.165) is 5.69 Å². The van der Waals surface area contributed by atoms with Crippen LogP contribution < -0.4 is 5.32 Å². The minimum Gasteiger partial charge on any atom is -0.465 e. The van der Waals surface area contributed by atoms with E-state index in [2.05, 4.69) is 28.7 Å². The lowest BCUT2D eigenvalue weighted by Gasteiger charge is -2.11. The molecule has 5 nitrogen and oxygen atoms in total. The van der Waals surface area contributed by atoms with E-state index in [4.69, 9.17) is 4.74 Å². The van der Waals surface area contributed by atoms with Crippen molar-refractivity contribution in [1.29, 1.82) is 0 Å². The molecule has 1 heterocycles. The zero-order valence-electron chi connectivity index (χ0n) is 10.1. The van der Waals surface area contributed by atoms with E-state index in [9.17, 15) is 4.79 Å². The van der Waals surface area contributed by atoms with Crippen molar-refractivity contribution in [2.75, 3.05) is 13.2 Å². The predicted molar refractivity (Wildman–Crippen MR) is 61.0 cm³/mol. The van der Waals surface area contributed by atoms with Gasteiger partial charge in [-0.1, -0.05) is 0 Å². The molecule has 0 spiro atoms. The first-order valence-corrected chi connectivity index (χ1v) is 5.52. The van der Waals surface area contributed by atoms with E-state index in [1.165, 1.54) is 0 Å². The number of hydrogen-bond donors (Lipinski definition) is 1. The van der Waals surface area contributed by atoms with Crippen LogP contribution in [0.2, 0.25) is 0 Å². The summed E-state index contributed by atoms with van der Waals surface area (Å²) in [5, 5.41) is 3.03. The molecule has 0 atom stereocenters. The third kappa shape index (κ3) is 3.66. The summed E-state index contributed by atoms with van der Waals surface area (Å²) in [5.41, 5.74) is 1.07. The van der Waals surface area contributed by atoms with Crippen molar-refractivity contribution in [3.8, 4) is 0 Å². The molecule has 0 radical (unpaired) electrons. The Balaban J connectivity index is 2.37. The highest BCUT2D eigenvalue weighted by Gasteiger charge is 2.06. The van der Waals surface area contributed by atoms with E-state index < -0.39 is 0 Å². The van der Waals surface area contributed by atoms with Gasteiger partial charge in [0, 0.05) is 18.8 Å².